The van der Waals surface area contributed by atoms with Gasteiger partial charge < -0.3 is 9.84 Å². The fourth-order valence-electron chi connectivity index (χ4n) is 4.99. The zero-order valence-corrected chi connectivity index (χ0v) is 21.0. The second-order valence-corrected chi connectivity index (χ2v) is 11.6. The molecule has 0 saturated heterocycles. The van der Waals surface area contributed by atoms with Gasteiger partial charge in [0.05, 0.1) is 17.6 Å². The highest BCUT2D eigenvalue weighted by molar-refractivity contribution is 7.92. The number of alkyl halides is 6. The smallest absolute Gasteiger partial charge is 0.393 e. The summed E-state index contributed by atoms with van der Waals surface area (Å²) in [5, 5.41) is 10.2. The summed E-state index contributed by atoms with van der Waals surface area (Å²) in [5.74, 6) is -0.704. The lowest BCUT2D eigenvalue weighted by Gasteiger charge is -2.38. The number of aliphatic hydroxyl groups excluding tert-OH is 1. The second-order valence-electron chi connectivity index (χ2n) is 9.38. The average Bonchev–Trinajstić information content (AvgIpc) is 3.27. The van der Waals surface area contributed by atoms with Gasteiger partial charge in [-0.15, -0.1) is 0 Å². The number of rotatable bonds is 7. The van der Waals surface area contributed by atoms with Gasteiger partial charge in [-0.2, -0.15) is 26.3 Å². The topological polar surface area (TPSA) is 63.6 Å². The van der Waals surface area contributed by atoms with Crippen LogP contribution in [0.25, 0.3) is 0 Å². The molecule has 4 rings (SSSR count). The van der Waals surface area contributed by atoms with E-state index in [0.717, 1.165) is 36.4 Å². The molecule has 1 aliphatic carbocycles. The molecule has 12 heteroatoms. The predicted molar refractivity (Wildman–Crippen MR) is 127 cm³/mol. The van der Waals surface area contributed by atoms with Gasteiger partial charge in [0.25, 0.3) is 5.60 Å². The Morgan fingerprint density at radius 3 is 1.90 bits per heavy atom. The Bertz CT molecular complexity index is 1370. The SMILES string of the molecule is O=S(=O)(c1ccc(F)cc1)[C@]1(c2ccc(C(OCc3ccccc3)(C(F)(F)F)C(F)(F)F)cc2)CC[C@@H](O)C1. The van der Waals surface area contributed by atoms with Gasteiger partial charge in [-0.25, -0.2) is 12.8 Å². The Kier molecular flexibility index (Phi) is 7.61. The number of benzene rings is 3. The molecule has 0 radical (unpaired) electrons. The minimum atomic E-state index is -5.93. The van der Waals surface area contributed by atoms with Crippen LogP contribution >= 0.6 is 0 Å². The van der Waals surface area contributed by atoms with Crippen LogP contribution in [0.2, 0.25) is 0 Å². The van der Waals surface area contributed by atoms with E-state index in [-0.39, 0.29) is 35.3 Å². The van der Waals surface area contributed by atoms with Crippen LogP contribution < -0.4 is 0 Å². The van der Waals surface area contributed by atoms with Crippen LogP contribution in [0, 0.1) is 5.82 Å². The van der Waals surface area contributed by atoms with E-state index in [9.17, 15) is 44.3 Å². The molecule has 0 aromatic heterocycles. The summed E-state index contributed by atoms with van der Waals surface area (Å²) in [6.45, 7) is -1.00. The molecule has 2 atom stereocenters. The van der Waals surface area contributed by atoms with E-state index in [1.807, 2.05) is 0 Å². The van der Waals surface area contributed by atoms with Gasteiger partial charge in [0.2, 0.25) is 0 Å². The lowest BCUT2D eigenvalue weighted by molar-refractivity contribution is -0.392. The third-order valence-corrected chi connectivity index (χ3v) is 9.53. The molecule has 3 aromatic rings. The number of halogens is 7. The normalized spacial score (nSPS) is 20.8. The first-order chi connectivity index (χ1) is 18.1. The van der Waals surface area contributed by atoms with Gasteiger partial charge >= 0.3 is 12.4 Å². The van der Waals surface area contributed by atoms with Gasteiger partial charge in [-0.1, -0.05) is 54.6 Å². The lowest BCUT2D eigenvalue weighted by atomic mass is 9.88. The molecule has 0 aliphatic heterocycles. The molecule has 1 aliphatic rings. The maximum atomic E-state index is 14.2. The molecule has 1 fully saturated rings. The Labute approximate surface area is 220 Å². The molecule has 0 heterocycles. The molecular weight excluding hydrogens is 553 g/mol. The Balaban J connectivity index is 1.82. The first kappa shape index (κ1) is 29.0. The largest absolute Gasteiger partial charge is 0.430 e. The molecule has 4 nitrogen and oxygen atoms in total. The zero-order chi connectivity index (χ0) is 28.7. The summed E-state index contributed by atoms with van der Waals surface area (Å²) < 4.78 is 129. The quantitative estimate of drug-likeness (QED) is 0.255. The summed E-state index contributed by atoms with van der Waals surface area (Å²) in [5.41, 5.74) is -6.01. The minimum absolute atomic E-state index is 0.0252. The zero-order valence-electron chi connectivity index (χ0n) is 20.1. The van der Waals surface area contributed by atoms with Crippen LogP contribution in [0.3, 0.4) is 0 Å². The van der Waals surface area contributed by atoms with E-state index in [4.69, 9.17) is 0 Å². The highest BCUT2D eigenvalue weighted by atomic mass is 32.2. The van der Waals surface area contributed by atoms with Crippen LogP contribution in [0.15, 0.2) is 83.8 Å². The number of sulfone groups is 1. The van der Waals surface area contributed by atoms with Crippen molar-refractivity contribution in [2.45, 2.75) is 59.6 Å². The van der Waals surface area contributed by atoms with Gasteiger partial charge in [0.15, 0.2) is 9.84 Å². The van der Waals surface area contributed by atoms with E-state index in [0.29, 0.717) is 12.1 Å². The van der Waals surface area contributed by atoms with Crippen molar-refractivity contribution in [1.29, 1.82) is 0 Å². The van der Waals surface area contributed by atoms with Crippen LogP contribution in [0.4, 0.5) is 30.7 Å². The summed E-state index contributed by atoms with van der Waals surface area (Å²) in [7, 11) is -4.36. The van der Waals surface area contributed by atoms with Crippen LogP contribution in [-0.2, 0) is 31.5 Å². The molecule has 1 saturated carbocycles. The molecule has 1 N–H and O–H groups in total. The summed E-state index contributed by atoms with van der Waals surface area (Å²) in [6.07, 6.45) is -13.4. The van der Waals surface area contributed by atoms with Crippen molar-refractivity contribution >= 4 is 9.84 Å². The number of hydrogen-bond acceptors (Lipinski definition) is 4. The molecule has 39 heavy (non-hydrogen) atoms. The molecule has 210 valence electrons. The number of ether oxygens (including phenoxy) is 1. The fourth-order valence-corrected chi connectivity index (χ4v) is 7.19. The van der Waals surface area contributed by atoms with Crippen molar-refractivity contribution < 1.29 is 49.0 Å². The van der Waals surface area contributed by atoms with Gasteiger partial charge in [0.1, 0.15) is 10.6 Å². The number of hydrogen-bond donors (Lipinski definition) is 1. The Morgan fingerprint density at radius 1 is 0.846 bits per heavy atom. The number of aliphatic hydroxyl groups is 1. The van der Waals surface area contributed by atoms with Crippen molar-refractivity contribution in [2.24, 2.45) is 0 Å². The highest BCUT2D eigenvalue weighted by Crippen LogP contribution is 2.54. The van der Waals surface area contributed by atoms with Crippen LogP contribution in [0.5, 0.6) is 0 Å². The van der Waals surface area contributed by atoms with Crippen molar-refractivity contribution in [1.82, 2.24) is 0 Å². The molecule has 0 bridgehead atoms. The summed E-state index contributed by atoms with van der Waals surface area (Å²) in [6, 6.07) is 13.8. The van der Waals surface area contributed by atoms with Crippen LogP contribution in [0.1, 0.15) is 36.0 Å². The first-order valence-corrected chi connectivity index (χ1v) is 13.2. The lowest BCUT2D eigenvalue weighted by Crippen LogP contribution is -2.55. The van der Waals surface area contributed by atoms with Crippen molar-refractivity contribution in [3.8, 4) is 0 Å². The van der Waals surface area contributed by atoms with Gasteiger partial charge in [0, 0.05) is 5.56 Å². The predicted octanol–water partition coefficient (Wildman–Crippen LogP) is 6.58. The maximum Gasteiger partial charge on any atom is 0.430 e. The molecule has 3 aromatic carbocycles. The van der Waals surface area contributed by atoms with Gasteiger partial charge in [-0.05, 0) is 54.7 Å². The van der Waals surface area contributed by atoms with Crippen molar-refractivity contribution in [3.05, 3.63) is 101 Å². The van der Waals surface area contributed by atoms with E-state index in [1.54, 1.807) is 6.07 Å². The average molecular weight is 577 g/mol. The minimum Gasteiger partial charge on any atom is -0.393 e. The van der Waals surface area contributed by atoms with E-state index in [2.05, 4.69) is 4.74 Å². The van der Waals surface area contributed by atoms with Crippen LogP contribution in [-0.4, -0.2) is 32.0 Å². The van der Waals surface area contributed by atoms with E-state index < -0.39 is 56.6 Å². The highest BCUT2D eigenvalue weighted by Gasteiger charge is 2.73. The van der Waals surface area contributed by atoms with Gasteiger partial charge in [-0.3, -0.25) is 0 Å². The van der Waals surface area contributed by atoms with E-state index >= 15 is 0 Å². The first-order valence-electron chi connectivity index (χ1n) is 11.7. The second kappa shape index (κ2) is 10.2. The van der Waals surface area contributed by atoms with Crippen molar-refractivity contribution in [3.63, 3.8) is 0 Å². The third-order valence-electron chi connectivity index (χ3n) is 7.00. The fraction of sp³-hybridized carbons (Fsp3) is 0.333. The van der Waals surface area contributed by atoms with Crippen molar-refractivity contribution in [2.75, 3.05) is 0 Å². The monoisotopic (exact) mass is 576 g/mol. The molecule has 0 amide bonds. The van der Waals surface area contributed by atoms with E-state index in [1.165, 1.54) is 24.3 Å². The third kappa shape index (κ3) is 5.05. The summed E-state index contributed by atoms with van der Waals surface area (Å²) in [4.78, 5) is -0.298. The molecule has 0 unspecified atom stereocenters. The maximum absolute atomic E-state index is 14.2. The summed E-state index contributed by atoms with van der Waals surface area (Å²) >= 11 is 0. The Hall–Kier alpha value is -2.96. The molecule has 0 spiro atoms. The molecular formula is C27H23F7O4S. The standard InChI is InChI=1S/C27H23F7O4S/c28-21-10-12-23(13-11-21)39(36,37)24(15-14-22(35)16-24)19-6-8-20(9-7-19)25(26(29,30)31,27(32,33)34)38-17-18-4-2-1-3-5-18/h1-13,22,35H,14-17H2/t22-,24-/m1/s1. The Morgan fingerprint density at radius 2 is 1.41 bits per heavy atom.